The number of piperidine rings is 1. The summed E-state index contributed by atoms with van der Waals surface area (Å²) in [6.45, 7) is 10.4. The Morgan fingerprint density at radius 2 is 2.06 bits per heavy atom. The molecule has 2 rings (SSSR count). The van der Waals surface area contributed by atoms with Crippen LogP contribution in [0.3, 0.4) is 0 Å². The Balaban J connectivity index is 1.90. The molecular weight excluding hydrogens is 220 g/mol. The summed E-state index contributed by atoms with van der Waals surface area (Å²) in [4.78, 5) is 2.57. The topological polar surface area (TPSA) is 15.3 Å². The number of nitrogens with zero attached hydrogens (tertiary/aromatic N) is 1. The molecule has 18 heavy (non-hydrogen) atoms. The van der Waals surface area contributed by atoms with Crippen LogP contribution in [0, 0.1) is 12.8 Å². The maximum Gasteiger partial charge on any atom is 0.0342 e. The van der Waals surface area contributed by atoms with Crippen LogP contribution in [-0.4, -0.2) is 30.6 Å². The van der Waals surface area contributed by atoms with E-state index in [1.165, 1.54) is 43.7 Å². The van der Waals surface area contributed by atoms with E-state index < -0.39 is 0 Å². The van der Waals surface area contributed by atoms with Gasteiger partial charge in [0.2, 0.25) is 0 Å². The van der Waals surface area contributed by atoms with Crippen molar-refractivity contribution in [2.75, 3.05) is 25.0 Å². The molecule has 1 aromatic carbocycles. The standard InChI is InChI=1S/C16H26N2/c1-4-18-11-5-6-15(12-18)14(3)17-16-9-7-13(2)8-10-16/h7-10,14-15,17H,4-6,11-12H2,1-3H3. The summed E-state index contributed by atoms with van der Waals surface area (Å²) in [6, 6.07) is 9.28. The monoisotopic (exact) mass is 246 g/mol. The predicted molar refractivity (Wildman–Crippen MR) is 79.1 cm³/mol. The number of rotatable bonds is 4. The highest BCUT2D eigenvalue weighted by Gasteiger charge is 2.23. The van der Waals surface area contributed by atoms with Gasteiger partial charge in [0, 0.05) is 18.3 Å². The van der Waals surface area contributed by atoms with Gasteiger partial charge in [0.15, 0.2) is 0 Å². The minimum absolute atomic E-state index is 0.557. The van der Waals surface area contributed by atoms with Crippen LogP contribution in [0.25, 0.3) is 0 Å². The average Bonchev–Trinajstić information content (AvgIpc) is 2.41. The molecule has 2 atom stereocenters. The fraction of sp³-hybridized carbons (Fsp3) is 0.625. The molecule has 100 valence electrons. The van der Waals surface area contributed by atoms with Gasteiger partial charge in [-0.05, 0) is 57.8 Å². The van der Waals surface area contributed by atoms with Crippen molar-refractivity contribution in [3.8, 4) is 0 Å². The van der Waals surface area contributed by atoms with Gasteiger partial charge in [-0.1, -0.05) is 24.6 Å². The highest BCUT2D eigenvalue weighted by atomic mass is 15.1. The first-order chi connectivity index (χ1) is 8.69. The van der Waals surface area contributed by atoms with Crippen LogP contribution in [-0.2, 0) is 0 Å². The second-order valence-corrected chi connectivity index (χ2v) is 5.59. The summed E-state index contributed by atoms with van der Waals surface area (Å²) in [7, 11) is 0. The van der Waals surface area contributed by atoms with Gasteiger partial charge in [-0.15, -0.1) is 0 Å². The van der Waals surface area contributed by atoms with E-state index >= 15 is 0 Å². The number of anilines is 1. The molecule has 2 heteroatoms. The molecule has 2 unspecified atom stereocenters. The van der Waals surface area contributed by atoms with E-state index in [4.69, 9.17) is 0 Å². The molecule has 2 nitrogen and oxygen atoms in total. The van der Waals surface area contributed by atoms with Crippen molar-refractivity contribution in [3.05, 3.63) is 29.8 Å². The molecular formula is C16H26N2. The van der Waals surface area contributed by atoms with Crippen LogP contribution in [0.2, 0.25) is 0 Å². The molecule has 1 heterocycles. The van der Waals surface area contributed by atoms with Gasteiger partial charge in [-0.3, -0.25) is 0 Å². The van der Waals surface area contributed by atoms with Crippen molar-refractivity contribution in [2.45, 2.75) is 39.7 Å². The van der Waals surface area contributed by atoms with Crippen molar-refractivity contribution in [1.29, 1.82) is 0 Å². The van der Waals surface area contributed by atoms with Crippen LogP contribution in [0.4, 0.5) is 5.69 Å². The zero-order chi connectivity index (χ0) is 13.0. The lowest BCUT2D eigenvalue weighted by atomic mass is 9.91. The number of hydrogen-bond donors (Lipinski definition) is 1. The fourth-order valence-corrected chi connectivity index (χ4v) is 2.82. The van der Waals surface area contributed by atoms with Crippen molar-refractivity contribution in [1.82, 2.24) is 4.90 Å². The van der Waals surface area contributed by atoms with Crippen LogP contribution in [0.1, 0.15) is 32.3 Å². The zero-order valence-corrected chi connectivity index (χ0v) is 11.9. The second kappa shape index (κ2) is 6.24. The van der Waals surface area contributed by atoms with E-state index in [2.05, 4.69) is 55.3 Å². The molecule has 1 aliphatic heterocycles. The van der Waals surface area contributed by atoms with E-state index in [0.29, 0.717) is 6.04 Å². The van der Waals surface area contributed by atoms with Crippen LogP contribution < -0.4 is 5.32 Å². The first-order valence-electron chi connectivity index (χ1n) is 7.24. The molecule has 0 aromatic heterocycles. The lowest BCUT2D eigenvalue weighted by Gasteiger charge is -2.35. The summed E-state index contributed by atoms with van der Waals surface area (Å²) < 4.78 is 0. The quantitative estimate of drug-likeness (QED) is 0.874. The molecule has 1 aromatic rings. The largest absolute Gasteiger partial charge is 0.382 e. The molecule has 1 aliphatic rings. The Bertz CT molecular complexity index is 358. The summed E-state index contributed by atoms with van der Waals surface area (Å²) in [6.07, 6.45) is 2.70. The van der Waals surface area contributed by atoms with Crippen molar-refractivity contribution in [3.63, 3.8) is 0 Å². The normalized spacial score (nSPS) is 22.7. The van der Waals surface area contributed by atoms with Gasteiger partial charge in [-0.25, -0.2) is 0 Å². The van der Waals surface area contributed by atoms with Crippen LogP contribution in [0.15, 0.2) is 24.3 Å². The number of aryl methyl sites for hydroxylation is 1. The van der Waals surface area contributed by atoms with Gasteiger partial charge >= 0.3 is 0 Å². The van der Waals surface area contributed by atoms with E-state index in [1.807, 2.05) is 0 Å². The van der Waals surface area contributed by atoms with E-state index in [1.54, 1.807) is 0 Å². The lowest BCUT2D eigenvalue weighted by molar-refractivity contribution is 0.172. The zero-order valence-electron chi connectivity index (χ0n) is 11.9. The molecule has 0 aliphatic carbocycles. The molecule has 0 saturated carbocycles. The Morgan fingerprint density at radius 1 is 1.33 bits per heavy atom. The van der Waals surface area contributed by atoms with Crippen LogP contribution >= 0.6 is 0 Å². The number of benzene rings is 1. The molecule has 1 N–H and O–H groups in total. The highest BCUT2D eigenvalue weighted by Crippen LogP contribution is 2.22. The molecule has 0 bridgehead atoms. The highest BCUT2D eigenvalue weighted by molar-refractivity contribution is 5.45. The number of hydrogen-bond acceptors (Lipinski definition) is 2. The predicted octanol–water partition coefficient (Wildman–Crippen LogP) is 3.53. The SMILES string of the molecule is CCN1CCCC(C(C)Nc2ccc(C)cc2)C1. The first kappa shape index (κ1) is 13.4. The van der Waals surface area contributed by atoms with Gasteiger partial charge in [-0.2, -0.15) is 0 Å². The average molecular weight is 246 g/mol. The third kappa shape index (κ3) is 3.49. The maximum atomic E-state index is 3.66. The van der Waals surface area contributed by atoms with Gasteiger partial charge in [0.05, 0.1) is 0 Å². The van der Waals surface area contributed by atoms with Crippen molar-refractivity contribution >= 4 is 5.69 Å². The van der Waals surface area contributed by atoms with Crippen LogP contribution in [0.5, 0.6) is 0 Å². The van der Waals surface area contributed by atoms with Gasteiger partial charge < -0.3 is 10.2 Å². The second-order valence-electron chi connectivity index (χ2n) is 5.59. The van der Waals surface area contributed by atoms with Gasteiger partial charge in [0.25, 0.3) is 0 Å². The minimum Gasteiger partial charge on any atom is -0.382 e. The maximum absolute atomic E-state index is 3.66. The third-order valence-electron chi connectivity index (χ3n) is 4.14. The molecule has 1 fully saturated rings. The number of nitrogens with one attached hydrogen (secondary N) is 1. The van der Waals surface area contributed by atoms with Crippen molar-refractivity contribution < 1.29 is 0 Å². The summed E-state index contributed by atoms with van der Waals surface area (Å²) >= 11 is 0. The fourth-order valence-electron chi connectivity index (χ4n) is 2.82. The van der Waals surface area contributed by atoms with Crippen molar-refractivity contribution in [2.24, 2.45) is 5.92 Å². The first-order valence-corrected chi connectivity index (χ1v) is 7.24. The Labute approximate surface area is 111 Å². The molecule has 1 saturated heterocycles. The third-order valence-corrected chi connectivity index (χ3v) is 4.14. The Hall–Kier alpha value is -1.02. The Kier molecular flexibility index (Phi) is 4.65. The Morgan fingerprint density at radius 3 is 2.72 bits per heavy atom. The lowest BCUT2D eigenvalue weighted by Crippen LogP contribution is -2.41. The number of likely N-dealkylation sites (tertiary alicyclic amines) is 1. The van der Waals surface area contributed by atoms with E-state index in [9.17, 15) is 0 Å². The summed E-state index contributed by atoms with van der Waals surface area (Å²) in [5, 5.41) is 3.66. The van der Waals surface area contributed by atoms with E-state index in [-0.39, 0.29) is 0 Å². The summed E-state index contributed by atoms with van der Waals surface area (Å²) in [5.74, 6) is 0.778. The minimum atomic E-state index is 0.557. The van der Waals surface area contributed by atoms with E-state index in [0.717, 1.165) is 5.92 Å². The molecule has 0 radical (unpaired) electrons. The smallest absolute Gasteiger partial charge is 0.0342 e. The molecule has 0 amide bonds. The van der Waals surface area contributed by atoms with Gasteiger partial charge in [0.1, 0.15) is 0 Å². The summed E-state index contributed by atoms with van der Waals surface area (Å²) in [5.41, 5.74) is 2.57. The molecule has 0 spiro atoms.